The molecular formula is C18H17BrCl2N2. The molecule has 3 aromatic rings. The summed E-state index contributed by atoms with van der Waals surface area (Å²) in [5, 5.41) is 2.50. The van der Waals surface area contributed by atoms with Crippen LogP contribution < -0.4 is 5.73 Å². The van der Waals surface area contributed by atoms with Gasteiger partial charge in [-0.1, -0.05) is 41.4 Å². The first-order chi connectivity index (χ1) is 11.1. The summed E-state index contributed by atoms with van der Waals surface area (Å²) in [4.78, 5) is 3.51. The Balaban J connectivity index is 2.22. The lowest BCUT2D eigenvalue weighted by Gasteiger charge is -2.09. The van der Waals surface area contributed by atoms with E-state index in [4.69, 9.17) is 28.9 Å². The number of unbranched alkanes of at least 4 members (excludes halogenated alkanes) is 1. The fourth-order valence-electron chi connectivity index (χ4n) is 2.89. The van der Waals surface area contributed by atoms with Crippen LogP contribution in [0.3, 0.4) is 0 Å². The molecule has 120 valence electrons. The maximum Gasteiger partial charge on any atom is 0.0606 e. The molecule has 0 aliphatic carbocycles. The second kappa shape index (κ2) is 7.27. The Morgan fingerprint density at radius 1 is 1.00 bits per heavy atom. The number of aryl methyl sites for hydroxylation is 1. The van der Waals surface area contributed by atoms with Gasteiger partial charge in [-0.2, -0.15) is 0 Å². The molecule has 0 saturated heterocycles. The van der Waals surface area contributed by atoms with E-state index in [9.17, 15) is 0 Å². The Morgan fingerprint density at radius 2 is 1.70 bits per heavy atom. The highest BCUT2D eigenvalue weighted by Crippen LogP contribution is 2.40. The van der Waals surface area contributed by atoms with Gasteiger partial charge in [-0.15, -0.1) is 0 Å². The van der Waals surface area contributed by atoms with Gasteiger partial charge in [0.15, 0.2) is 0 Å². The number of hydrogen-bond acceptors (Lipinski definition) is 1. The summed E-state index contributed by atoms with van der Waals surface area (Å²) in [7, 11) is 0. The summed E-state index contributed by atoms with van der Waals surface area (Å²) in [5.74, 6) is 0. The highest BCUT2D eigenvalue weighted by Gasteiger charge is 2.18. The molecule has 1 aromatic heterocycles. The molecule has 2 nitrogen and oxygen atoms in total. The molecule has 0 unspecified atom stereocenters. The Morgan fingerprint density at radius 3 is 2.39 bits per heavy atom. The van der Waals surface area contributed by atoms with Crippen molar-refractivity contribution >= 4 is 50.0 Å². The van der Waals surface area contributed by atoms with Gasteiger partial charge in [0.25, 0.3) is 0 Å². The minimum Gasteiger partial charge on any atom is -0.353 e. The number of aromatic nitrogens is 1. The number of halogens is 3. The predicted molar refractivity (Wildman–Crippen MR) is 103 cm³/mol. The smallest absolute Gasteiger partial charge is 0.0606 e. The Hall–Kier alpha value is -1.00. The highest BCUT2D eigenvalue weighted by molar-refractivity contribution is 9.10. The maximum absolute atomic E-state index is 6.43. The Bertz CT molecular complexity index is 822. The minimum atomic E-state index is 0.653. The standard InChI is InChI=1S/C18H17BrCl2N2/c19-13-7-3-6-11-12(5-1-2-10-22)18(23-17(11)13)16-14(20)8-4-9-15(16)21/h3-4,6-9,23H,1-2,5,10,22H2. The number of para-hydroxylation sites is 1. The summed E-state index contributed by atoms with van der Waals surface area (Å²) in [5.41, 5.74) is 9.82. The van der Waals surface area contributed by atoms with E-state index in [1.54, 1.807) is 0 Å². The summed E-state index contributed by atoms with van der Waals surface area (Å²) in [6.45, 7) is 0.703. The number of aromatic amines is 1. The third-order valence-corrected chi connectivity index (χ3v) is 5.27. The molecule has 0 aliphatic heterocycles. The lowest BCUT2D eigenvalue weighted by atomic mass is 10.00. The number of fused-ring (bicyclic) bond motifs is 1. The third kappa shape index (κ3) is 3.29. The third-order valence-electron chi connectivity index (χ3n) is 3.98. The van der Waals surface area contributed by atoms with Crippen LogP contribution in [0, 0.1) is 0 Å². The number of H-pyrrole nitrogens is 1. The molecule has 0 atom stereocenters. The largest absolute Gasteiger partial charge is 0.353 e. The predicted octanol–water partition coefficient (Wildman–Crippen LogP) is 6.19. The van der Waals surface area contributed by atoms with E-state index in [-0.39, 0.29) is 0 Å². The SMILES string of the molecule is NCCCCc1c(-c2c(Cl)cccc2Cl)[nH]c2c(Br)cccc12. The molecule has 0 radical (unpaired) electrons. The van der Waals surface area contributed by atoms with E-state index in [0.717, 1.165) is 40.5 Å². The minimum absolute atomic E-state index is 0.653. The molecule has 0 aliphatic rings. The fourth-order valence-corrected chi connectivity index (χ4v) is 3.95. The number of rotatable bonds is 5. The van der Waals surface area contributed by atoms with Gasteiger partial charge in [0.05, 0.1) is 21.3 Å². The second-order valence-corrected chi connectivity index (χ2v) is 7.15. The number of nitrogens with two attached hydrogens (primary N) is 1. The van der Waals surface area contributed by atoms with Crippen LogP contribution in [-0.2, 0) is 6.42 Å². The fraction of sp³-hybridized carbons (Fsp3) is 0.222. The highest BCUT2D eigenvalue weighted by atomic mass is 79.9. The van der Waals surface area contributed by atoms with Crippen LogP contribution in [0.15, 0.2) is 40.9 Å². The molecule has 0 bridgehead atoms. The van der Waals surface area contributed by atoms with Crippen LogP contribution in [-0.4, -0.2) is 11.5 Å². The van der Waals surface area contributed by atoms with Crippen molar-refractivity contribution in [2.45, 2.75) is 19.3 Å². The van der Waals surface area contributed by atoms with Crippen molar-refractivity contribution in [3.63, 3.8) is 0 Å². The Labute approximate surface area is 154 Å². The molecule has 23 heavy (non-hydrogen) atoms. The van der Waals surface area contributed by atoms with Crippen molar-refractivity contribution in [3.05, 3.63) is 56.5 Å². The maximum atomic E-state index is 6.43. The molecule has 3 N–H and O–H groups in total. The number of nitrogens with one attached hydrogen (secondary N) is 1. The van der Waals surface area contributed by atoms with Crippen LogP contribution in [0.25, 0.3) is 22.2 Å². The van der Waals surface area contributed by atoms with E-state index < -0.39 is 0 Å². The van der Waals surface area contributed by atoms with Crippen molar-refractivity contribution in [3.8, 4) is 11.3 Å². The summed E-state index contributed by atoms with van der Waals surface area (Å²) in [6, 6.07) is 11.8. The molecule has 2 aromatic carbocycles. The van der Waals surface area contributed by atoms with Gasteiger partial charge < -0.3 is 10.7 Å². The molecule has 1 heterocycles. The zero-order valence-electron chi connectivity index (χ0n) is 12.5. The quantitative estimate of drug-likeness (QED) is 0.483. The van der Waals surface area contributed by atoms with Crippen molar-refractivity contribution in [2.75, 3.05) is 6.54 Å². The second-order valence-electron chi connectivity index (χ2n) is 5.48. The van der Waals surface area contributed by atoms with Crippen LogP contribution in [0.1, 0.15) is 18.4 Å². The van der Waals surface area contributed by atoms with E-state index in [0.29, 0.717) is 16.6 Å². The zero-order chi connectivity index (χ0) is 16.4. The topological polar surface area (TPSA) is 41.8 Å². The van der Waals surface area contributed by atoms with Crippen molar-refractivity contribution in [2.24, 2.45) is 5.73 Å². The normalized spacial score (nSPS) is 11.3. The summed E-state index contributed by atoms with van der Waals surface area (Å²) in [6.07, 6.45) is 2.96. The molecule has 5 heteroatoms. The zero-order valence-corrected chi connectivity index (χ0v) is 15.6. The van der Waals surface area contributed by atoms with Gasteiger partial charge in [0.2, 0.25) is 0 Å². The van der Waals surface area contributed by atoms with Crippen LogP contribution in [0.2, 0.25) is 10.0 Å². The monoisotopic (exact) mass is 410 g/mol. The van der Waals surface area contributed by atoms with Crippen molar-refractivity contribution in [1.82, 2.24) is 4.98 Å². The summed E-state index contributed by atoms with van der Waals surface area (Å²) < 4.78 is 1.03. The first kappa shape index (κ1) is 16.8. The average Bonchev–Trinajstić information content (AvgIpc) is 2.88. The molecule has 0 saturated carbocycles. The van der Waals surface area contributed by atoms with E-state index in [1.807, 2.05) is 30.3 Å². The van der Waals surface area contributed by atoms with Crippen LogP contribution in [0.4, 0.5) is 0 Å². The van der Waals surface area contributed by atoms with Crippen molar-refractivity contribution < 1.29 is 0 Å². The van der Waals surface area contributed by atoms with Gasteiger partial charge in [-0.05, 0) is 65.5 Å². The first-order valence-corrected chi connectivity index (χ1v) is 9.12. The first-order valence-electron chi connectivity index (χ1n) is 7.57. The number of hydrogen-bond donors (Lipinski definition) is 2. The van der Waals surface area contributed by atoms with E-state index in [2.05, 4.69) is 27.0 Å². The van der Waals surface area contributed by atoms with Gasteiger partial charge in [-0.25, -0.2) is 0 Å². The van der Waals surface area contributed by atoms with Crippen LogP contribution in [0.5, 0.6) is 0 Å². The van der Waals surface area contributed by atoms with Crippen molar-refractivity contribution in [1.29, 1.82) is 0 Å². The lowest BCUT2D eigenvalue weighted by molar-refractivity contribution is 0.748. The Kier molecular flexibility index (Phi) is 5.32. The molecule has 3 rings (SSSR count). The van der Waals surface area contributed by atoms with E-state index >= 15 is 0 Å². The van der Waals surface area contributed by atoms with E-state index in [1.165, 1.54) is 10.9 Å². The van der Waals surface area contributed by atoms with Gasteiger partial charge in [0.1, 0.15) is 0 Å². The van der Waals surface area contributed by atoms with Gasteiger partial charge in [0, 0.05) is 15.4 Å². The molecule has 0 spiro atoms. The van der Waals surface area contributed by atoms with Crippen LogP contribution >= 0.6 is 39.1 Å². The van der Waals surface area contributed by atoms with Gasteiger partial charge >= 0.3 is 0 Å². The average molecular weight is 412 g/mol. The molecular weight excluding hydrogens is 395 g/mol. The molecule has 0 fully saturated rings. The lowest BCUT2D eigenvalue weighted by Crippen LogP contribution is -1.99. The van der Waals surface area contributed by atoms with Gasteiger partial charge in [-0.3, -0.25) is 0 Å². The molecule has 0 amide bonds. The number of benzene rings is 2. The summed E-state index contributed by atoms with van der Waals surface area (Å²) >= 11 is 16.5.